The molecule has 110 valence electrons. The summed E-state index contributed by atoms with van der Waals surface area (Å²) in [6.07, 6.45) is 1.13. The third-order valence-corrected chi connectivity index (χ3v) is 3.91. The van der Waals surface area contributed by atoms with Crippen molar-refractivity contribution in [2.24, 2.45) is 0 Å². The summed E-state index contributed by atoms with van der Waals surface area (Å²) in [4.78, 5) is 0. The van der Waals surface area contributed by atoms with E-state index in [-0.39, 0.29) is 0 Å². The standard InChI is InChI=1S/C18H22N2O/c1-3-21-16-7-8-17(13(2)11-16)20-12-15-6-4-5-14-9-10-19-18(14)15/h4-8,11,19-20H,3,9-10,12H2,1-2H3. The topological polar surface area (TPSA) is 33.3 Å². The van der Waals surface area contributed by atoms with E-state index in [1.165, 1.54) is 22.4 Å². The maximum absolute atomic E-state index is 5.53. The molecule has 0 radical (unpaired) electrons. The lowest BCUT2D eigenvalue weighted by atomic mass is 10.1. The van der Waals surface area contributed by atoms with E-state index in [2.05, 4.69) is 47.9 Å². The molecule has 1 heterocycles. The quantitative estimate of drug-likeness (QED) is 0.870. The molecule has 3 heteroatoms. The van der Waals surface area contributed by atoms with Gasteiger partial charge in [-0.25, -0.2) is 0 Å². The number of aryl methyl sites for hydroxylation is 1. The molecule has 2 N–H and O–H groups in total. The van der Waals surface area contributed by atoms with Crippen LogP contribution in [0, 0.1) is 6.92 Å². The molecule has 1 aliphatic rings. The molecule has 3 rings (SSSR count). The first-order valence-corrected chi connectivity index (χ1v) is 7.60. The lowest BCUT2D eigenvalue weighted by Gasteiger charge is -2.14. The number of hydrogen-bond acceptors (Lipinski definition) is 3. The van der Waals surface area contributed by atoms with E-state index in [4.69, 9.17) is 4.74 Å². The van der Waals surface area contributed by atoms with E-state index in [0.29, 0.717) is 6.61 Å². The molecule has 0 amide bonds. The van der Waals surface area contributed by atoms with E-state index in [0.717, 1.165) is 30.9 Å². The molecule has 1 aliphatic heterocycles. The van der Waals surface area contributed by atoms with Gasteiger partial charge in [-0.15, -0.1) is 0 Å². The Morgan fingerprint density at radius 1 is 1.24 bits per heavy atom. The van der Waals surface area contributed by atoms with Crippen molar-refractivity contribution in [3.63, 3.8) is 0 Å². The highest BCUT2D eigenvalue weighted by Crippen LogP contribution is 2.28. The Bertz CT molecular complexity index is 637. The summed E-state index contributed by atoms with van der Waals surface area (Å²) in [6, 6.07) is 12.7. The monoisotopic (exact) mass is 282 g/mol. The van der Waals surface area contributed by atoms with Crippen molar-refractivity contribution in [2.75, 3.05) is 23.8 Å². The SMILES string of the molecule is CCOc1ccc(NCc2cccc3c2NCC3)c(C)c1. The second-order valence-corrected chi connectivity index (χ2v) is 5.39. The molecule has 0 saturated heterocycles. The van der Waals surface area contributed by atoms with Gasteiger partial charge in [0.25, 0.3) is 0 Å². The smallest absolute Gasteiger partial charge is 0.119 e. The maximum atomic E-state index is 5.53. The van der Waals surface area contributed by atoms with Gasteiger partial charge in [-0.1, -0.05) is 18.2 Å². The summed E-state index contributed by atoms with van der Waals surface area (Å²) < 4.78 is 5.53. The van der Waals surface area contributed by atoms with Gasteiger partial charge in [0.1, 0.15) is 5.75 Å². The number of anilines is 2. The minimum atomic E-state index is 0.702. The molecular formula is C18H22N2O. The van der Waals surface area contributed by atoms with Crippen molar-refractivity contribution < 1.29 is 4.74 Å². The first-order chi connectivity index (χ1) is 10.3. The Balaban J connectivity index is 1.72. The van der Waals surface area contributed by atoms with Crippen LogP contribution >= 0.6 is 0 Å². The predicted octanol–water partition coefficient (Wildman–Crippen LogP) is 3.97. The highest BCUT2D eigenvalue weighted by atomic mass is 16.5. The van der Waals surface area contributed by atoms with Crippen LogP contribution in [0.1, 0.15) is 23.6 Å². The highest BCUT2D eigenvalue weighted by Gasteiger charge is 2.13. The fraction of sp³-hybridized carbons (Fsp3) is 0.333. The van der Waals surface area contributed by atoms with Gasteiger partial charge < -0.3 is 15.4 Å². The molecule has 0 bridgehead atoms. The molecule has 0 aromatic heterocycles. The van der Waals surface area contributed by atoms with Gasteiger partial charge in [0.05, 0.1) is 6.61 Å². The maximum Gasteiger partial charge on any atom is 0.119 e. The van der Waals surface area contributed by atoms with Gasteiger partial charge >= 0.3 is 0 Å². The molecule has 0 unspecified atom stereocenters. The number of para-hydroxylation sites is 1. The molecule has 2 aromatic rings. The van der Waals surface area contributed by atoms with Gasteiger partial charge in [-0.3, -0.25) is 0 Å². The Kier molecular flexibility index (Phi) is 4.00. The van der Waals surface area contributed by atoms with Crippen molar-refractivity contribution in [2.45, 2.75) is 26.8 Å². The Hall–Kier alpha value is -2.16. The van der Waals surface area contributed by atoms with E-state index in [1.807, 2.05) is 13.0 Å². The summed E-state index contributed by atoms with van der Waals surface area (Å²) in [7, 11) is 0. The minimum absolute atomic E-state index is 0.702. The van der Waals surface area contributed by atoms with E-state index < -0.39 is 0 Å². The Morgan fingerprint density at radius 3 is 2.95 bits per heavy atom. The van der Waals surface area contributed by atoms with Crippen molar-refractivity contribution in [1.82, 2.24) is 0 Å². The average Bonchev–Trinajstić information content (AvgIpc) is 2.96. The lowest BCUT2D eigenvalue weighted by molar-refractivity contribution is 0.340. The Morgan fingerprint density at radius 2 is 2.14 bits per heavy atom. The molecule has 2 aromatic carbocycles. The van der Waals surface area contributed by atoms with E-state index in [9.17, 15) is 0 Å². The molecule has 3 nitrogen and oxygen atoms in total. The molecular weight excluding hydrogens is 260 g/mol. The van der Waals surface area contributed by atoms with Crippen molar-refractivity contribution in [3.05, 3.63) is 53.1 Å². The molecule has 0 aliphatic carbocycles. The van der Waals surface area contributed by atoms with Gasteiger partial charge in [0, 0.05) is 24.5 Å². The molecule has 0 spiro atoms. The number of nitrogens with one attached hydrogen (secondary N) is 2. The number of benzene rings is 2. The van der Waals surface area contributed by atoms with Crippen molar-refractivity contribution >= 4 is 11.4 Å². The third-order valence-electron chi connectivity index (χ3n) is 3.91. The predicted molar refractivity (Wildman–Crippen MR) is 88.3 cm³/mol. The number of ether oxygens (including phenoxy) is 1. The van der Waals surface area contributed by atoms with Crippen LogP contribution in [0.3, 0.4) is 0 Å². The Labute approximate surface area is 126 Å². The van der Waals surface area contributed by atoms with Crippen LogP contribution in [-0.2, 0) is 13.0 Å². The van der Waals surface area contributed by atoms with Gasteiger partial charge in [-0.2, -0.15) is 0 Å². The fourth-order valence-corrected chi connectivity index (χ4v) is 2.84. The van der Waals surface area contributed by atoms with E-state index >= 15 is 0 Å². The summed E-state index contributed by atoms with van der Waals surface area (Å²) in [5.74, 6) is 0.933. The van der Waals surface area contributed by atoms with Crippen LogP contribution in [0.5, 0.6) is 5.75 Å². The largest absolute Gasteiger partial charge is 0.494 e. The average molecular weight is 282 g/mol. The zero-order valence-corrected chi connectivity index (χ0v) is 12.7. The number of rotatable bonds is 5. The van der Waals surface area contributed by atoms with Crippen molar-refractivity contribution in [1.29, 1.82) is 0 Å². The number of hydrogen-bond donors (Lipinski definition) is 2. The third kappa shape index (κ3) is 2.97. The summed E-state index contributed by atoms with van der Waals surface area (Å²) in [6.45, 7) is 6.70. The fourth-order valence-electron chi connectivity index (χ4n) is 2.84. The molecule has 0 atom stereocenters. The van der Waals surface area contributed by atoms with Crippen LogP contribution in [0.25, 0.3) is 0 Å². The van der Waals surface area contributed by atoms with Crippen LogP contribution in [0.4, 0.5) is 11.4 Å². The normalized spacial score (nSPS) is 12.7. The van der Waals surface area contributed by atoms with Gasteiger partial charge in [-0.05, 0) is 55.2 Å². The zero-order valence-electron chi connectivity index (χ0n) is 12.7. The molecule has 0 saturated carbocycles. The highest BCUT2D eigenvalue weighted by molar-refractivity contribution is 5.62. The van der Waals surface area contributed by atoms with Crippen LogP contribution in [0.2, 0.25) is 0 Å². The van der Waals surface area contributed by atoms with E-state index in [1.54, 1.807) is 0 Å². The first kappa shape index (κ1) is 13.8. The van der Waals surface area contributed by atoms with Crippen LogP contribution in [0.15, 0.2) is 36.4 Å². The molecule has 21 heavy (non-hydrogen) atoms. The minimum Gasteiger partial charge on any atom is -0.494 e. The summed E-state index contributed by atoms with van der Waals surface area (Å²) >= 11 is 0. The van der Waals surface area contributed by atoms with Crippen molar-refractivity contribution in [3.8, 4) is 5.75 Å². The summed E-state index contributed by atoms with van der Waals surface area (Å²) in [5.41, 5.74) is 6.44. The first-order valence-electron chi connectivity index (χ1n) is 7.60. The number of fused-ring (bicyclic) bond motifs is 1. The van der Waals surface area contributed by atoms with Gasteiger partial charge in [0.2, 0.25) is 0 Å². The second-order valence-electron chi connectivity index (χ2n) is 5.39. The van der Waals surface area contributed by atoms with Crippen LogP contribution < -0.4 is 15.4 Å². The van der Waals surface area contributed by atoms with Gasteiger partial charge in [0.15, 0.2) is 0 Å². The van der Waals surface area contributed by atoms with Crippen LogP contribution in [-0.4, -0.2) is 13.2 Å². The second kappa shape index (κ2) is 6.08. The zero-order chi connectivity index (χ0) is 14.7. The summed E-state index contributed by atoms with van der Waals surface area (Å²) in [5, 5.41) is 7.02. The molecule has 0 fully saturated rings. The lowest BCUT2D eigenvalue weighted by Crippen LogP contribution is -2.04.